The minimum Gasteiger partial charge on any atom is -0.0645 e. The van der Waals surface area contributed by atoms with E-state index in [2.05, 4.69) is 104 Å². The Morgan fingerprint density at radius 1 is 0.560 bits per heavy atom. The van der Waals surface area contributed by atoms with Crippen LogP contribution in [0.5, 0.6) is 0 Å². The summed E-state index contributed by atoms with van der Waals surface area (Å²) < 4.78 is 0. The van der Waals surface area contributed by atoms with Gasteiger partial charge >= 0.3 is 0 Å². The highest BCUT2D eigenvalue weighted by molar-refractivity contribution is 5.83. The summed E-state index contributed by atoms with van der Waals surface area (Å²) in [7, 11) is 0. The quantitative estimate of drug-likeness (QED) is 0.377. The van der Waals surface area contributed by atoms with Gasteiger partial charge < -0.3 is 0 Å². The summed E-state index contributed by atoms with van der Waals surface area (Å²) in [5.74, 6) is 0.439. The van der Waals surface area contributed by atoms with Gasteiger partial charge in [0.05, 0.1) is 0 Å². The fraction of sp³-hybridized carbons (Fsp3) is 0.120. The summed E-state index contributed by atoms with van der Waals surface area (Å²) in [6.07, 6.45) is 1.10. The van der Waals surface area contributed by atoms with Crippen molar-refractivity contribution in [1.29, 1.82) is 0 Å². The number of rotatable bonds is 4. The van der Waals surface area contributed by atoms with Crippen LogP contribution in [0.15, 0.2) is 97.1 Å². The van der Waals surface area contributed by atoms with Gasteiger partial charge in [0.25, 0.3) is 0 Å². The lowest BCUT2D eigenvalue weighted by molar-refractivity contribution is 0.778. The van der Waals surface area contributed by atoms with Crippen LogP contribution in [0.3, 0.4) is 0 Å². The first-order chi connectivity index (χ1) is 12.3. The molecule has 0 radical (unpaired) electrons. The highest BCUT2D eigenvalue weighted by atomic mass is 14.2. The molecule has 0 N–H and O–H groups in total. The van der Waals surface area contributed by atoms with E-state index in [1.54, 1.807) is 0 Å². The van der Waals surface area contributed by atoms with Gasteiger partial charge in [-0.1, -0.05) is 104 Å². The SMILES string of the molecule is CCC(c1ccc(-c2ccccc2)cc1)c1ccc2ccccc2c1. The van der Waals surface area contributed by atoms with E-state index < -0.39 is 0 Å². The fourth-order valence-corrected chi connectivity index (χ4v) is 3.63. The average Bonchev–Trinajstić information content (AvgIpc) is 2.70. The van der Waals surface area contributed by atoms with Crippen LogP contribution in [0.2, 0.25) is 0 Å². The maximum atomic E-state index is 2.34. The molecule has 4 rings (SSSR count). The van der Waals surface area contributed by atoms with Crippen LogP contribution in [-0.4, -0.2) is 0 Å². The first-order valence-electron chi connectivity index (χ1n) is 8.99. The van der Waals surface area contributed by atoms with Gasteiger partial charge in [0.1, 0.15) is 0 Å². The molecular formula is C25H22. The second kappa shape index (κ2) is 6.94. The van der Waals surface area contributed by atoms with Crippen molar-refractivity contribution in [3.8, 4) is 11.1 Å². The van der Waals surface area contributed by atoms with E-state index in [0.717, 1.165) is 6.42 Å². The van der Waals surface area contributed by atoms with Crippen molar-refractivity contribution >= 4 is 10.8 Å². The number of benzene rings is 4. The molecule has 1 atom stereocenters. The molecule has 4 aromatic rings. The third-order valence-corrected chi connectivity index (χ3v) is 5.00. The summed E-state index contributed by atoms with van der Waals surface area (Å²) in [4.78, 5) is 0. The monoisotopic (exact) mass is 322 g/mol. The van der Waals surface area contributed by atoms with E-state index in [4.69, 9.17) is 0 Å². The van der Waals surface area contributed by atoms with Gasteiger partial charge in [-0.2, -0.15) is 0 Å². The minimum absolute atomic E-state index is 0.439. The van der Waals surface area contributed by atoms with Crippen LogP contribution >= 0.6 is 0 Å². The molecule has 4 aromatic carbocycles. The van der Waals surface area contributed by atoms with Gasteiger partial charge in [-0.3, -0.25) is 0 Å². The summed E-state index contributed by atoms with van der Waals surface area (Å²) in [5.41, 5.74) is 5.33. The first kappa shape index (κ1) is 15.7. The molecule has 0 saturated heterocycles. The summed E-state index contributed by atoms with van der Waals surface area (Å²) in [5, 5.41) is 2.62. The zero-order chi connectivity index (χ0) is 17.1. The van der Waals surface area contributed by atoms with E-state index in [-0.39, 0.29) is 0 Å². The maximum absolute atomic E-state index is 2.34. The zero-order valence-corrected chi connectivity index (χ0v) is 14.5. The van der Waals surface area contributed by atoms with E-state index in [1.165, 1.54) is 33.0 Å². The van der Waals surface area contributed by atoms with E-state index >= 15 is 0 Å². The highest BCUT2D eigenvalue weighted by Gasteiger charge is 2.12. The lowest BCUT2D eigenvalue weighted by Gasteiger charge is -2.17. The second-order valence-electron chi connectivity index (χ2n) is 6.56. The molecule has 0 heterocycles. The average molecular weight is 322 g/mol. The van der Waals surface area contributed by atoms with Gasteiger partial charge in [-0.05, 0) is 39.4 Å². The van der Waals surface area contributed by atoms with Gasteiger partial charge in [-0.15, -0.1) is 0 Å². The molecule has 0 saturated carbocycles. The number of hydrogen-bond acceptors (Lipinski definition) is 0. The van der Waals surface area contributed by atoms with Crippen LogP contribution < -0.4 is 0 Å². The Morgan fingerprint density at radius 2 is 1.16 bits per heavy atom. The predicted molar refractivity (Wildman–Crippen MR) is 108 cm³/mol. The molecule has 0 aromatic heterocycles. The van der Waals surface area contributed by atoms with Crippen LogP contribution in [0.1, 0.15) is 30.4 Å². The topological polar surface area (TPSA) is 0 Å². The Bertz CT molecular complexity index is 965. The molecule has 0 fully saturated rings. The zero-order valence-electron chi connectivity index (χ0n) is 14.5. The molecule has 0 nitrogen and oxygen atoms in total. The summed E-state index contributed by atoms with van der Waals surface area (Å²) in [6.45, 7) is 2.27. The Kier molecular flexibility index (Phi) is 4.35. The minimum atomic E-state index is 0.439. The molecule has 0 aliphatic heterocycles. The van der Waals surface area contributed by atoms with Crippen LogP contribution in [-0.2, 0) is 0 Å². The number of fused-ring (bicyclic) bond motifs is 1. The van der Waals surface area contributed by atoms with Crippen molar-refractivity contribution in [3.63, 3.8) is 0 Å². The number of hydrogen-bond donors (Lipinski definition) is 0. The molecule has 1 unspecified atom stereocenters. The van der Waals surface area contributed by atoms with Gasteiger partial charge in [0, 0.05) is 5.92 Å². The smallest absolute Gasteiger partial charge is 0.00869 e. The van der Waals surface area contributed by atoms with Gasteiger partial charge in [0.15, 0.2) is 0 Å². The second-order valence-corrected chi connectivity index (χ2v) is 6.56. The van der Waals surface area contributed by atoms with Crippen molar-refractivity contribution in [2.75, 3.05) is 0 Å². The molecule has 0 aliphatic rings. The Morgan fingerprint density at radius 3 is 1.88 bits per heavy atom. The van der Waals surface area contributed by atoms with Crippen molar-refractivity contribution in [2.45, 2.75) is 19.3 Å². The van der Waals surface area contributed by atoms with Crippen LogP contribution in [0.4, 0.5) is 0 Å². The van der Waals surface area contributed by atoms with Crippen molar-refractivity contribution in [1.82, 2.24) is 0 Å². The third kappa shape index (κ3) is 3.21. The predicted octanol–water partition coefficient (Wildman–Crippen LogP) is 7.05. The summed E-state index contributed by atoms with van der Waals surface area (Å²) >= 11 is 0. The van der Waals surface area contributed by atoms with Crippen LogP contribution in [0, 0.1) is 0 Å². The molecule has 0 aliphatic carbocycles. The molecule has 122 valence electrons. The normalized spacial score (nSPS) is 12.2. The molecule has 0 heteroatoms. The summed E-state index contributed by atoms with van der Waals surface area (Å²) in [6, 6.07) is 35.1. The van der Waals surface area contributed by atoms with E-state index in [1.807, 2.05) is 0 Å². The van der Waals surface area contributed by atoms with Gasteiger partial charge in [0.2, 0.25) is 0 Å². The third-order valence-electron chi connectivity index (χ3n) is 5.00. The molecule has 0 spiro atoms. The standard InChI is InChI=1S/C25H22/c1-2-25(24-17-14-20-10-6-7-11-23(20)18-24)22-15-12-21(13-16-22)19-8-4-3-5-9-19/h3-18,25H,2H2,1H3. The van der Waals surface area contributed by atoms with E-state index in [9.17, 15) is 0 Å². The molecule has 0 amide bonds. The largest absolute Gasteiger partial charge is 0.0645 e. The van der Waals surface area contributed by atoms with Gasteiger partial charge in [-0.25, -0.2) is 0 Å². The molecular weight excluding hydrogens is 300 g/mol. The lowest BCUT2D eigenvalue weighted by atomic mass is 9.87. The van der Waals surface area contributed by atoms with E-state index in [0.29, 0.717) is 5.92 Å². The van der Waals surface area contributed by atoms with Crippen molar-refractivity contribution < 1.29 is 0 Å². The lowest BCUT2D eigenvalue weighted by Crippen LogP contribution is -1.99. The Hall–Kier alpha value is -2.86. The fourth-order valence-electron chi connectivity index (χ4n) is 3.63. The van der Waals surface area contributed by atoms with Crippen LogP contribution in [0.25, 0.3) is 21.9 Å². The Balaban J connectivity index is 1.68. The van der Waals surface area contributed by atoms with Crippen molar-refractivity contribution in [2.24, 2.45) is 0 Å². The highest BCUT2D eigenvalue weighted by Crippen LogP contribution is 2.31. The molecule has 0 bridgehead atoms. The maximum Gasteiger partial charge on any atom is 0.00869 e. The molecule has 25 heavy (non-hydrogen) atoms. The van der Waals surface area contributed by atoms with Crippen molar-refractivity contribution in [3.05, 3.63) is 108 Å². The Labute approximate surface area is 149 Å². The first-order valence-corrected chi connectivity index (χ1v) is 8.99.